The van der Waals surface area contributed by atoms with Gasteiger partial charge in [0.2, 0.25) is 0 Å². The van der Waals surface area contributed by atoms with Crippen LogP contribution in [-0.2, 0) is 0 Å². The van der Waals surface area contributed by atoms with E-state index < -0.39 is 0 Å². The van der Waals surface area contributed by atoms with E-state index >= 15 is 0 Å². The Balaban J connectivity index is 1.88. The second kappa shape index (κ2) is 5.75. The highest BCUT2D eigenvalue weighted by atomic mass is 16.5. The molecule has 0 saturated heterocycles. The number of amides is 1. The van der Waals surface area contributed by atoms with Gasteiger partial charge in [-0.05, 0) is 54.3 Å². The molecule has 1 aromatic carbocycles. The van der Waals surface area contributed by atoms with Crippen molar-refractivity contribution < 1.29 is 9.53 Å². The molecule has 1 amide bonds. The van der Waals surface area contributed by atoms with Crippen molar-refractivity contribution in [3.05, 3.63) is 30.1 Å². The van der Waals surface area contributed by atoms with E-state index in [1.54, 1.807) is 25.3 Å². The summed E-state index contributed by atoms with van der Waals surface area (Å²) in [7, 11) is 1.57. The van der Waals surface area contributed by atoms with Crippen molar-refractivity contribution in [2.24, 2.45) is 0 Å². The molecule has 0 atom stereocenters. The van der Waals surface area contributed by atoms with E-state index in [0.717, 1.165) is 19.3 Å². The molecule has 1 aliphatic rings. The molecule has 1 aromatic heterocycles. The number of carbonyl (C=O) groups excluding carboxylic acids is 1. The predicted octanol–water partition coefficient (Wildman–Crippen LogP) is 1.73. The van der Waals surface area contributed by atoms with Gasteiger partial charge < -0.3 is 10.1 Å². The lowest BCUT2D eigenvalue weighted by Gasteiger charge is -2.42. The Morgan fingerprint density at radius 1 is 1.45 bits per heavy atom. The first-order valence-corrected chi connectivity index (χ1v) is 7.41. The zero-order chi connectivity index (χ0) is 15.6. The van der Waals surface area contributed by atoms with E-state index in [-0.39, 0.29) is 11.4 Å². The molecule has 0 spiro atoms. The van der Waals surface area contributed by atoms with Crippen LogP contribution in [0, 0.1) is 0 Å². The van der Waals surface area contributed by atoms with E-state index in [1.807, 2.05) is 0 Å². The first-order valence-electron chi connectivity index (χ1n) is 7.41. The van der Waals surface area contributed by atoms with Crippen molar-refractivity contribution in [1.29, 1.82) is 0 Å². The minimum absolute atomic E-state index is 0.0357. The van der Waals surface area contributed by atoms with Crippen LogP contribution in [0.2, 0.25) is 0 Å². The molecule has 7 heteroatoms. The summed E-state index contributed by atoms with van der Waals surface area (Å²) in [5, 5.41) is 14.3. The van der Waals surface area contributed by atoms with Gasteiger partial charge in [-0.2, -0.15) is 4.68 Å². The van der Waals surface area contributed by atoms with Gasteiger partial charge in [0.05, 0.1) is 7.11 Å². The van der Waals surface area contributed by atoms with Gasteiger partial charge in [0, 0.05) is 11.1 Å². The second-order valence-electron chi connectivity index (χ2n) is 5.58. The fourth-order valence-electron chi connectivity index (χ4n) is 2.77. The number of tetrazole rings is 1. The SMILES string of the molecule is CCC1(NC(=O)c2ccc(OC)c(-n3cnnn3)c2)CCC1. The van der Waals surface area contributed by atoms with E-state index in [9.17, 15) is 4.79 Å². The Morgan fingerprint density at radius 2 is 2.27 bits per heavy atom. The van der Waals surface area contributed by atoms with Gasteiger partial charge in [-0.1, -0.05) is 6.92 Å². The third-order valence-corrected chi connectivity index (χ3v) is 4.40. The molecule has 0 radical (unpaired) electrons. The Bertz CT molecular complexity index is 659. The quantitative estimate of drug-likeness (QED) is 0.909. The number of rotatable bonds is 5. The molecule has 1 saturated carbocycles. The first kappa shape index (κ1) is 14.5. The van der Waals surface area contributed by atoms with Gasteiger partial charge in [-0.25, -0.2) is 0 Å². The van der Waals surface area contributed by atoms with Crippen LogP contribution in [0.4, 0.5) is 0 Å². The summed E-state index contributed by atoms with van der Waals surface area (Å²) in [4.78, 5) is 12.5. The van der Waals surface area contributed by atoms with Crippen molar-refractivity contribution in [3.8, 4) is 11.4 Å². The van der Waals surface area contributed by atoms with Gasteiger partial charge in [-0.3, -0.25) is 4.79 Å². The zero-order valence-corrected chi connectivity index (χ0v) is 12.7. The van der Waals surface area contributed by atoms with Crippen molar-refractivity contribution >= 4 is 5.91 Å². The van der Waals surface area contributed by atoms with Gasteiger partial charge in [-0.15, -0.1) is 5.10 Å². The summed E-state index contributed by atoms with van der Waals surface area (Å²) < 4.78 is 6.79. The predicted molar refractivity (Wildman–Crippen MR) is 80.0 cm³/mol. The number of methoxy groups -OCH3 is 1. The Morgan fingerprint density at radius 3 is 2.82 bits per heavy atom. The molecular weight excluding hydrogens is 282 g/mol. The average molecular weight is 301 g/mol. The van der Waals surface area contributed by atoms with E-state index in [0.29, 0.717) is 17.0 Å². The maximum Gasteiger partial charge on any atom is 0.251 e. The van der Waals surface area contributed by atoms with Crippen molar-refractivity contribution in [2.75, 3.05) is 7.11 Å². The molecule has 1 aliphatic carbocycles. The number of ether oxygens (including phenoxy) is 1. The molecule has 7 nitrogen and oxygen atoms in total. The Hall–Kier alpha value is -2.44. The van der Waals surface area contributed by atoms with Crippen molar-refractivity contribution in [1.82, 2.24) is 25.5 Å². The standard InChI is InChI=1S/C15H19N5O2/c1-3-15(7-4-8-15)17-14(21)11-5-6-13(22-2)12(9-11)20-10-16-18-19-20/h5-6,9-10H,3-4,7-8H2,1-2H3,(H,17,21). The van der Waals surface area contributed by atoms with Crippen LogP contribution < -0.4 is 10.1 Å². The smallest absolute Gasteiger partial charge is 0.251 e. The number of aromatic nitrogens is 4. The maximum atomic E-state index is 12.5. The van der Waals surface area contributed by atoms with Crippen LogP contribution in [0.3, 0.4) is 0 Å². The number of benzene rings is 1. The number of hydrogen-bond donors (Lipinski definition) is 1. The van der Waals surface area contributed by atoms with Crippen LogP contribution in [0.15, 0.2) is 24.5 Å². The van der Waals surface area contributed by atoms with Gasteiger partial charge >= 0.3 is 0 Å². The largest absolute Gasteiger partial charge is 0.494 e. The first-order chi connectivity index (χ1) is 10.7. The van der Waals surface area contributed by atoms with Crippen LogP contribution >= 0.6 is 0 Å². The Labute approximate surface area is 128 Å². The van der Waals surface area contributed by atoms with E-state index in [4.69, 9.17) is 4.74 Å². The molecule has 22 heavy (non-hydrogen) atoms. The molecule has 0 bridgehead atoms. The second-order valence-corrected chi connectivity index (χ2v) is 5.58. The topological polar surface area (TPSA) is 81.9 Å². The molecule has 0 unspecified atom stereocenters. The third-order valence-electron chi connectivity index (χ3n) is 4.40. The van der Waals surface area contributed by atoms with Crippen LogP contribution in [0.25, 0.3) is 5.69 Å². The lowest BCUT2D eigenvalue weighted by atomic mass is 9.74. The molecule has 3 rings (SSSR count). The summed E-state index contributed by atoms with van der Waals surface area (Å²) in [5.74, 6) is 0.538. The van der Waals surface area contributed by atoms with Crippen LogP contribution in [-0.4, -0.2) is 38.8 Å². The highest BCUT2D eigenvalue weighted by Crippen LogP contribution is 2.35. The Kier molecular flexibility index (Phi) is 3.79. The monoisotopic (exact) mass is 301 g/mol. The molecule has 1 fully saturated rings. The molecule has 1 heterocycles. The number of nitrogens with one attached hydrogen (secondary N) is 1. The molecule has 1 N–H and O–H groups in total. The minimum atomic E-state index is -0.0708. The lowest BCUT2D eigenvalue weighted by Crippen LogP contribution is -2.52. The summed E-state index contributed by atoms with van der Waals surface area (Å²) in [5.41, 5.74) is 1.18. The van der Waals surface area contributed by atoms with E-state index in [1.165, 1.54) is 17.4 Å². The van der Waals surface area contributed by atoms with Gasteiger partial charge in [0.1, 0.15) is 17.8 Å². The maximum absolute atomic E-state index is 12.5. The number of carbonyl (C=O) groups is 1. The van der Waals surface area contributed by atoms with Crippen LogP contribution in [0.1, 0.15) is 43.0 Å². The van der Waals surface area contributed by atoms with Crippen molar-refractivity contribution in [3.63, 3.8) is 0 Å². The lowest BCUT2D eigenvalue weighted by molar-refractivity contribution is 0.0820. The summed E-state index contributed by atoms with van der Waals surface area (Å²) >= 11 is 0. The molecule has 116 valence electrons. The fraction of sp³-hybridized carbons (Fsp3) is 0.467. The summed E-state index contributed by atoms with van der Waals surface area (Å²) in [6.07, 6.45) is 5.69. The molecular formula is C15H19N5O2. The third kappa shape index (κ3) is 2.54. The molecule has 0 aliphatic heterocycles. The normalized spacial score (nSPS) is 15.9. The number of hydrogen-bond acceptors (Lipinski definition) is 5. The fourth-order valence-corrected chi connectivity index (χ4v) is 2.77. The number of nitrogens with zero attached hydrogens (tertiary/aromatic N) is 4. The highest BCUT2D eigenvalue weighted by molar-refractivity contribution is 5.95. The van der Waals surface area contributed by atoms with Crippen LogP contribution in [0.5, 0.6) is 5.75 Å². The summed E-state index contributed by atoms with van der Waals surface area (Å²) in [6.45, 7) is 2.11. The zero-order valence-electron chi connectivity index (χ0n) is 12.7. The molecule has 2 aromatic rings. The van der Waals surface area contributed by atoms with Gasteiger partial charge in [0.25, 0.3) is 5.91 Å². The van der Waals surface area contributed by atoms with E-state index in [2.05, 4.69) is 27.8 Å². The summed E-state index contributed by atoms with van der Waals surface area (Å²) in [6, 6.07) is 5.25. The van der Waals surface area contributed by atoms with Crippen molar-refractivity contribution in [2.45, 2.75) is 38.1 Å². The highest BCUT2D eigenvalue weighted by Gasteiger charge is 2.36. The average Bonchev–Trinajstić information content (AvgIpc) is 3.04. The van der Waals surface area contributed by atoms with Gasteiger partial charge in [0.15, 0.2) is 0 Å². The minimum Gasteiger partial charge on any atom is -0.494 e.